The smallest absolute Gasteiger partial charge is 0.228 e. The summed E-state index contributed by atoms with van der Waals surface area (Å²) >= 11 is 6.03. The molecule has 2 saturated heterocycles. The van der Waals surface area contributed by atoms with Gasteiger partial charge in [-0.1, -0.05) is 17.7 Å². The molecule has 0 saturated carbocycles. The lowest BCUT2D eigenvalue weighted by molar-refractivity contribution is -0.136. The highest BCUT2D eigenvalue weighted by atomic mass is 35.5. The monoisotopic (exact) mass is 372 g/mol. The molecule has 0 aliphatic carbocycles. The number of nitrogens with one attached hydrogen (secondary N) is 1. The van der Waals surface area contributed by atoms with E-state index in [0.29, 0.717) is 30.6 Å². The summed E-state index contributed by atoms with van der Waals surface area (Å²) < 4.78 is 0. The zero-order valence-electron chi connectivity index (χ0n) is 14.4. The third-order valence-corrected chi connectivity index (χ3v) is 5.54. The van der Waals surface area contributed by atoms with Gasteiger partial charge in [-0.15, -0.1) is 0 Å². The summed E-state index contributed by atoms with van der Waals surface area (Å²) in [6, 6.07) is 7.21. The molecule has 1 aromatic heterocycles. The van der Waals surface area contributed by atoms with Gasteiger partial charge in [-0.25, -0.2) is 4.98 Å². The van der Waals surface area contributed by atoms with E-state index >= 15 is 0 Å². The zero-order valence-corrected chi connectivity index (χ0v) is 15.2. The van der Waals surface area contributed by atoms with Gasteiger partial charge in [0.15, 0.2) is 0 Å². The topological polar surface area (TPSA) is 69.3 Å². The van der Waals surface area contributed by atoms with Crippen LogP contribution in [0.25, 0.3) is 0 Å². The highest BCUT2D eigenvalue weighted by Crippen LogP contribution is 2.30. The predicted molar refractivity (Wildman–Crippen MR) is 99.1 cm³/mol. The van der Waals surface area contributed by atoms with Crippen LogP contribution in [0.2, 0.25) is 5.02 Å². The molecule has 1 N–H and O–H groups in total. The Balaban J connectivity index is 1.38. The maximum absolute atomic E-state index is 12.9. The van der Waals surface area contributed by atoms with Crippen LogP contribution in [-0.4, -0.2) is 46.3 Å². The fourth-order valence-electron chi connectivity index (χ4n) is 3.90. The number of hydrogen-bond donors (Lipinski definition) is 1. The SMILES string of the molecule is O=C([C@@H]1CC(=O)N(c2cccc(Cl)c2)C1)N1CCC(c2ncc[nH]2)CC1. The van der Waals surface area contributed by atoms with E-state index in [4.69, 9.17) is 11.6 Å². The lowest BCUT2D eigenvalue weighted by atomic mass is 9.95. The highest BCUT2D eigenvalue weighted by molar-refractivity contribution is 6.31. The number of likely N-dealkylation sites (tertiary alicyclic amines) is 1. The van der Waals surface area contributed by atoms with Crippen molar-refractivity contribution in [3.8, 4) is 0 Å². The fraction of sp³-hybridized carbons (Fsp3) is 0.421. The number of rotatable bonds is 3. The number of benzene rings is 1. The van der Waals surface area contributed by atoms with Gasteiger partial charge in [0.05, 0.1) is 5.92 Å². The Morgan fingerprint density at radius 3 is 2.77 bits per heavy atom. The van der Waals surface area contributed by atoms with Crippen molar-refractivity contribution in [1.29, 1.82) is 0 Å². The summed E-state index contributed by atoms with van der Waals surface area (Å²) in [6.07, 6.45) is 5.67. The highest BCUT2D eigenvalue weighted by Gasteiger charge is 2.38. The molecule has 6 nitrogen and oxygen atoms in total. The molecule has 3 heterocycles. The fourth-order valence-corrected chi connectivity index (χ4v) is 4.08. The third kappa shape index (κ3) is 3.33. The van der Waals surface area contributed by atoms with Gasteiger partial charge in [0.25, 0.3) is 0 Å². The largest absolute Gasteiger partial charge is 0.348 e. The maximum Gasteiger partial charge on any atom is 0.228 e. The van der Waals surface area contributed by atoms with E-state index in [2.05, 4.69) is 9.97 Å². The Morgan fingerprint density at radius 2 is 2.08 bits per heavy atom. The minimum atomic E-state index is -0.276. The summed E-state index contributed by atoms with van der Waals surface area (Å²) in [5.74, 6) is 1.17. The Kier molecular flexibility index (Phi) is 4.68. The van der Waals surface area contributed by atoms with Gasteiger partial charge in [-0.3, -0.25) is 9.59 Å². The van der Waals surface area contributed by atoms with E-state index in [-0.39, 0.29) is 24.2 Å². The van der Waals surface area contributed by atoms with Crippen molar-refractivity contribution in [3.05, 3.63) is 47.5 Å². The van der Waals surface area contributed by atoms with Gasteiger partial charge in [0, 0.05) is 55.1 Å². The second-order valence-corrected chi connectivity index (χ2v) is 7.40. The molecular formula is C19H21ClN4O2. The number of carbonyl (C=O) groups is 2. The van der Waals surface area contributed by atoms with Crippen LogP contribution in [-0.2, 0) is 9.59 Å². The number of imidazole rings is 1. The van der Waals surface area contributed by atoms with Crippen LogP contribution >= 0.6 is 11.6 Å². The van der Waals surface area contributed by atoms with Crippen LogP contribution in [0.15, 0.2) is 36.7 Å². The number of carbonyl (C=O) groups excluding carboxylic acids is 2. The molecule has 7 heteroatoms. The first-order chi connectivity index (χ1) is 12.6. The van der Waals surface area contributed by atoms with Crippen molar-refractivity contribution in [1.82, 2.24) is 14.9 Å². The summed E-state index contributed by atoms with van der Waals surface area (Å²) in [5.41, 5.74) is 0.759. The molecular weight excluding hydrogens is 352 g/mol. The average molecular weight is 373 g/mol. The van der Waals surface area contributed by atoms with Crippen molar-refractivity contribution in [2.75, 3.05) is 24.5 Å². The van der Waals surface area contributed by atoms with Crippen molar-refractivity contribution in [2.45, 2.75) is 25.2 Å². The standard InChI is InChI=1S/C19H21ClN4O2/c20-15-2-1-3-16(11-15)24-12-14(10-17(24)25)19(26)23-8-4-13(5-9-23)18-21-6-7-22-18/h1-3,6-7,11,13-14H,4-5,8-10,12H2,(H,21,22)/t14-/m1/s1. The normalized spacial score (nSPS) is 21.4. The molecule has 4 rings (SSSR count). The van der Waals surface area contributed by atoms with E-state index in [1.165, 1.54) is 0 Å². The molecule has 2 aromatic rings. The minimum Gasteiger partial charge on any atom is -0.348 e. The first-order valence-electron chi connectivity index (χ1n) is 8.96. The summed E-state index contributed by atoms with van der Waals surface area (Å²) in [5, 5.41) is 0.588. The van der Waals surface area contributed by atoms with Gasteiger partial charge in [-0.2, -0.15) is 0 Å². The number of amides is 2. The van der Waals surface area contributed by atoms with E-state index in [9.17, 15) is 9.59 Å². The number of aromatic amines is 1. The Labute approximate surface area is 157 Å². The zero-order chi connectivity index (χ0) is 18.1. The van der Waals surface area contributed by atoms with E-state index in [1.54, 1.807) is 23.2 Å². The molecule has 0 spiro atoms. The molecule has 2 aliphatic rings. The molecule has 2 amide bonds. The molecule has 2 fully saturated rings. The summed E-state index contributed by atoms with van der Waals surface area (Å²) in [4.78, 5) is 36.3. The van der Waals surface area contributed by atoms with Crippen LogP contribution in [0.3, 0.4) is 0 Å². The number of halogens is 1. The quantitative estimate of drug-likeness (QED) is 0.900. The van der Waals surface area contributed by atoms with E-state index in [0.717, 1.165) is 24.4 Å². The molecule has 0 radical (unpaired) electrons. The number of H-pyrrole nitrogens is 1. The summed E-state index contributed by atoms with van der Waals surface area (Å²) in [6.45, 7) is 1.86. The first-order valence-corrected chi connectivity index (χ1v) is 9.33. The number of nitrogens with zero attached hydrogens (tertiary/aromatic N) is 3. The first kappa shape index (κ1) is 17.1. The number of anilines is 1. The number of aromatic nitrogens is 2. The van der Waals surface area contributed by atoms with E-state index < -0.39 is 0 Å². The van der Waals surface area contributed by atoms with Crippen molar-refractivity contribution < 1.29 is 9.59 Å². The van der Waals surface area contributed by atoms with Crippen LogP contribution in [0.4, 0.5) is 5.69 Å². The third-order valence-electron chi connectivity index (χ3n) is 5.31. The minimum absolute atomic E-state index is 0.0175. The van der Waals surface area contributed by atoms with Crippen LogP contribution in [0.5, 0.6) is 0 Å². The Morgan fingerprint density at radius 1 is 1.27 bits per heavy atom. The molecule has 0 unspecified atom stereocenters. The Hall–Kier alpha value is -2.34. The predicted octanol–water partition coefficient (Wildman–Crippen LogP) is 2.82. The van der Waals surface area contributed by atoms with Gasteiger partial charge >= 0.3 is 0 Å². The molecule has 2 aliphatic heterocycles. The van der Waals surface area contributed by atoms with Gasteiger partial charge in [-0.05, 0) is 31.0 Å². The van der Waals surface area contributed by atoms with Gasteiger partial charge < -0.3 is 14.8 Å². The van der Waals surface area contributed by atoms with Crippen molar-refractivity contribution in [3.63, 3.8) is 0 Å². The average Bonchev–Trinajstić information content (AvgIpc) is 3.31. The van der Waals surface area contributed by atoms with Gasteiger partial charge in [0.2, 0.25) is 11.8 Å². The lowest BCUT2D eigenvalue weighted by Gasteiger charge is -2.32. The number of hydrogen-bond acceptors (Lipinski definition) is 3. The van der Waals surface area contributed by atoms with Crippen molar-refractivity contribution >= 4 is 29.1 Å². The molecule has 1 atom stereocenters. The lowest BCUT2D eigenvalue weighted by Crippen LogP contribution is -2.42. The second-order valence-electron chi connectivity index (χ2n) is 6.96. The van der Waals surface area contributed by atoms with Gasteiger partial charge in [0.1, 0.15) is 5.82 Å². The number of piperidine rings is 1. The Bertz CT molecular complexity index is 800. The van der Waals surface area contributed by atoms with Crippen molar-refractivity contribution in [2.24, 2.45) is 5.92 Å². The second kappa shape index (κ2) is 7.11. The summed E-state index contributed by atoms with van der Waals surface area (Å²) in [7, 11) is 0. The molecule has 26 heavy (non-hydrogen) atoms. The van der Waals surface area contributed by atoms with Crippen LogP contribution < -0.4 is 4.90 Å². The molecule has 0 bridgehead atoms. The molecule has 1 aromatic carbocycles. The molecule has 136 valence electrons. The van der Waals surface area contributed by atoms with Crippen LogP contribution in [0, 0.1) is 5.92 Å². The van der Waals surface area contributed by atoms with E-state index in [1.807, 2.05) is 23.2 Å². The maximum atomic E-state index is 12.9. The van der Waals surface area contributed by atoms with Crippen LogP contribution in [0.1, 0.15) is 31.0 Å².